The summed E-state index contributed by atoms with van der Waals surface area (Å²) in [5.74, 6) is 1.39. The van der Waals surface area contributed by atoms with Crippen molar-refractivity contribution in [1.82, 2.24) is 25.1 Å². The van der Waals surface area contributed by atoms with Crippen molar-refractivity contribution in [3.05, 3.63) is 30.0 Å². The Morgan fingerprint density at radius 2 is 2.32 bits per heavy atom. The molecule has 0 saturated carbocycles. The predicted molar refractivity (Wildman–Crippen MR) is 78.6 cm³/mol. The molecule has 3 atom stereocenters. The number of nitrogens with two attached hydrogens (primary N) is 1. The van der Waals surface area contributed by atoms with Gasteiger partial charge in [0, 0.05) is 4.75 Å². The Morgan fingerprint density at radius 3 is 3.05 bits per heavy atom. The number of furan rings is 1. The van der Waals surface area contributed by atoms with Crippen LogP contribution in [0.1, 0.15) is 31.5 Å². The summed E-state index contributed by atoms with van der Waals surface area (Å²) in [7, 11) is 0. The molecule has 2 aromatic heterocycles. The van der Waals surface area contributed by atoms with Gasteiger partial charge in [-0.25, -0.2) is 4.68 Å². The molecule has 22 heavy (non-hydrogen) atoms. The number of hydrogen-bond acceptors (Lipinski definition) is 7. The van der Waals surface area contributed by atoms with Crippen LogP contribution in [0.25, 0.3) is 0 Å². The standard InChI is InChI=1S/C13H16N6O2S/c1-13(2)9(19-11(20)8(14)12(19)22-13)10-15-16-17-18(10)6-7-4-3-5-21-7/h3-5,8-9,12H,6,14H2,1-2H3/t8?,9?,12-/m0/s1. The molecule has 2 unspecified atom stereocenters. The highest BCUT2D eigenvalue weighted by Gasteiger charge is 2.62. The summed E-state index contributed by atoms with van der Waals surface area (Å²) >= 11 is 1.70. The van der Waals surface area contributed by atoms with Crippen LogP contribution in [0.15, 0.2) is 22.8 Å². The highest BCUT2D eigenvalue weighted by Crippen LogP contribution is 2.56. The first-order chi connectivity index (χ1) is 10.5. The van der Waals surface area contributed by atoms with Crippen LogP contribution in [0.2, 0.25) is 0 Å². The first kappa shape index (κ1) is 13.8. The summed E-state index contributed by atoms with van der Waals surface area (Å²) in [6.07, 6.45) is 1.61. The zero-order valence-electron chi connectivity index (χ0n) is 12.2. The molecule has 116 valence electrons. The van der Waals surface area contributed by atoms with Crippen molar-refractivity contribution in [2.45, 2.75) is 42.6 Å². The second-order valence-electron chi connectivity index (χ2n) is 6.06. The molecule has 2 fully saturated rings. The highest BCUT2D eigenvalue weighted by molar-refractivity contribution is 8.01. The van der Waals surface area contributed by atoms with E-state index < -0.39 is 6.04 Å². The van der Waals surface area contributed by atoms with E-state index in [-0.39, 0.29) is 22.1 Å². The minimum absolute atomic E-state index is 0.00117. The maximum atomic E-state index is 12.2. The monoisotopic (exact) mass is 320 g/mol. The number of carbonyl (C=O) groups is 1. The van der Waals surface area contributed by atoms with E-state index in [1.54, 1.807) is 27.6 Å². The first-order valence-electron chi connectivity index (χ1n) is 7.03. The lowest BCUT2D eigenvalue weighted by Gasteiger charge is -2.42. The van der Waals surface area contributed by atoms with E-state index in [0.29, 0.717) is 12.4 Å². The van der Waals surface area contributed by atoms with E-state index >= 15 is 0 Å². The third-order valence-corrected chi connectivity index (χ3v) is 5.76. The number of fused-ring (bicyclic) bond motifs is 1. The van der Waals surface area contributed by atoms with Crippen molar-refractivity contribution in [1.29, 1.82) is 0 Å². The van der Waals surface area contributed by atoms with Gasteiger partial charge in [-0.1, -0.05) is 0 Å². The van der Waals surface area contributed by atoms with Gasteiger partial charge in [0.1, 0.15) is 29.8 Å². The molecule has 4 heterocycles. The van der Waals surface area contributed by atoms with Crippen LogP contribution >= 0.6 is 11.8 Å². The van der Waals surface area contributed by atoms with E-state index in [1.165, 1.54) is 0 Å². The summed E-state index contributed by atoms with van der Waals surface area (Å²) in [6.45, 7) is 4.62. The fourth-order valence-electron chi connectivity index (χ4n) is 3.13. The summed E-state index contributed by atoms with van der Waals surface area (Å²) in [4.78, 5) is 14.0. The largest absolute Gasteiger partial charge is 0.467 e. The lowest BCUT2D eigenvalue weighted by atomic mass is 9.95. The molecular weight excluding hydrogens is 304 g/mol. The van der Waals surface area contributed by atoms with Crippen LogP contribution in [0.3, 0.4) is 0 Å². The van der Waals surface area contributed by atoms with Gasteiger partial charge in [-0.05, 0) is 36.4 Å². The van der Waals surface area contributed by atoms with E-state index in [1.807, 2.05) is 12.1 Å². The second-order valence-corrected chi connectivity index (χ2v) is 7.83. The van der Waals surface area contributed by atoms with E-state index in [2.05, 4.69) is 29.4 Å². The summed E-state index contributed by atoms with van der Waals surface area (Å²) in [5, 5.41) is 12.0. The smallest absolute Gasteiger partial charge is 0.244 e. The third kappa shape index (κ3) is 1.82. The maximum Gasteiger partial charge on any atom is 0.244 e. The number of β-lactam (4-membered cyclic amide) rings is 1. The molecule has 1 amide bonds. The Kier molecular flexibility index (Phi) is 2.85. The average Bonchev–Trinajstić information content (AvgIpc) is 3.18. The van der Waals surface area contributed by atoms with Crippen molar-refractivity contribution >= 4 is 17.7 Å². The zero-order valence-corrected chi connectivity index (χ0v) is 13.0. The number of aromatic nitrogens is 4. The Morgan fingerprint density at radius 1 is 1.50 bits per heavy atom. The van der Waals surface area contributed by atoms with Gasteiger partial charge in [0.15, 0.2) is 5.82 Å². The lowest BCUT2D eigenvalue weighted by Crippen LogP contribution is -2.65. The molecule has 2 aliphatic heterocycles. The summed E-state index contributed by atoms with van der Waals surface area (Å²) in [5.41, 5.74) is 5.91. The van der Waals surface area contributed by atoms with Crippen LogP contribution < -0.4 is 5.73 Å². The molecule has 0 bridgehead atoms. The van der Waals surface area contributed by atoms with Crippen molar-refractivity contribution < 1.29 is 9.21 Å². The molecule has 0 aromatic carbocycles. The number of hydrogen-bond donors (Lipinski definition) is 1. The summed E-state index contributed by atoms with van der Waals surface area (Å²) in [6, 6.07) is 3.07. The van der Waals surface area contributed by atoms with Crippen LogP contribution in [0, 0.1) is 0 Å². The lowest BCUT2D eigenvalue weighted by molar-refractivity contribution is -0.147. The third-order valence-electron chi connectivity index (χ3n) is 4.17. The number of thioether (sulfide) groups is 1. The minimum atomic E-state index is -0.427. The van der Waals surface area contributed by atoms with Crippen molar-refractivity contribution in [2.24, 2.45) is 5.73 Å². The highest BCUT2D eigenvalue weighted by atomic mass is 32.2. The Bertz CT molecular complexity index is 712. The van der Waals surface area contributed by atoms with Crippen molar-refractivity contribution in [2.75, 3.05) is 0 Å². The predicted octanol–water partition coefficient (Wildman–Crippen LogP) is 0.376. The second kappa shape index (κ2) is 4.56. The van der Waals surface area contributed by atoms with E-state index in [9.17, 15) is 4.79 Å². The molecule has 0 aliphatic carbocycles. The summed E-state index contributed by atoms with van der Waals surface area (Å²) < 4.78 is 6.84. The molecular formula is C13H16N6O2S. The van der Waals surface area contributed by atoms with Crippen LogP contribution in [0.5, 0.6) is 0 Å². The van der Waals surface area contributed by atoms with Gasteiger partial charge in [0.25, 0.3) is 0 Å². The quantitative estimate of drug-likeness (QED) is 0.815. The molecule has 4 rings (SSSR count). The van der Waals surface area contributed by atoms with E-state index in [0.717, 1.165) is 5.76 Å². The topological polar surface area (TPSA) is 103 Å². The van der Waals surface area contributed by atoms with Gasteiger partial charge in [0.05, 0.1) is 6.26 Å². The number of carbonyl (C=O) groups excluding carboxylic acids is 1. The van der Waals surface area contributed by atoms with Crippen molar-refractivity contribution in [3.8, 4) is 0 Å². The Hall–Kier alpha value is -1.87. The van der Waals surface area contributed by atoms with Gasteiger partial charge in [-0.15, -0.1) is 16.9 Å². The molecule has 9 heteroatoms. The van der Waals surface area contributed by atoms with Crippen LogP contribution in [-0.4, -0.2) is 47.2 Å². The first-order valence-corrected chi connectivity index (χ1v) is 7.91. The molecule has 0 spiro atoms. The number of rotatable bonds is 3. The number of tetrazole rings is 1. The van der Waals surface area contributed by atoms with Gasteiger partial charge in [-0.3, -0.25) is 4.79 Å². The van der Waals surface area contributed by atoms with E-state index in [4.69, 9.17) is 10.2 Å². The van der Waals surface area contributed by atoms with Gasteiger partial charge in [0.2, 0.25) is 5.91 Å². The minimum Gasteiger partial charge on any atom is -0.467 e. The molecule has 0 radical (unpaired) electrons. The number of nitrogens with zero attached hydrogens (tertiary/aromatic N) is 5. The normalized spacial score (nSPS) is 29.5. The zero-order chi connectivity index (χ0) is 15.5. The van der Waals surface area contributed by atoms with Crippen molar-refractivity contribution in [3.63, 3.8) is 0 Å². The molecule has 2 aliphatic rings. The molecule has 2 N–H and O–H groups in total. The van der Waals surface area contributed by atoms with Crippen LogP contribution in [0.4, 0.5) is 0 Å². The van der Waals surface area contributed by atoms with Gasteiger partial charge < -0.3 is 15.1 Å². The molecule has 2 aromatic rings. The fraction of sp³-hybridized carbons (Fsp3) is 0.538. The molecule has 2 saturated heterocycles. The fourth-order valence-corrected chi connectivity index (χ4v) is 4.70. The Balaban J connectivity index is 1.70. The Labute approximate surface area is 131 Å². The van der Waals surface area contributed by atoms with Gasteiger partial charge >= 0.3 is 0 Å². The maximum absolute atomic E-state index is 12.2. The average molecular weight is 320 g/mol. The van der Waals surface area contributed by atoms with Crippen LogP contribution in [-0.2, 0) is 11.3 Å². The molecule has 8 nitrogen and oxygen atoms in total. The van der Waals surface area contributed by atoms with Gasteiger partial charge in [-0.2, -0.15) is 0 Å². The SMILES string of the molecule is CC1(C)S[C@H]2C(N)C(=O)N2C1c1nnnn1Cc1ccco1. The number of amides is 1.